The molecule has 0 aliphatic rings. The maximum atomic E-state index is 12.3. The van der Waals surface area contributed by atoms with Crippen LogP contribution in [0.25, 0.3) is 0 Å². The second kappa shape index (κ2) is 8.68. The summed E-state index contributed by atoms with van der Waals surface area (Å²) in [5.74, 6) is -0.247. The molecule has 0 spiro atoms. The van der Waals surface area contributed by atoms with E-state index in [2.05, 4.69) is 16.0 Å². The van der Waals surface area contributed by atoms with Crippen molar-refractivity contribution in [1.82, 2.24) is 0 Å². The number of anilines is 4. The van der Waals surface area contributed by atoms with Crippen molar-refractivity contribution in [2.45, 2.75) is 6.92 Å². The van der Waals surface area contributed by atoms with E-state index in [1.54, 1.807) is 12.1 Å². The summed E-state index contributed by atoms with van der Waals surface area (Å²) in [7, 11) is 0. The van der Waals surface area contributed by atoms with Gasteiger partial charge < -0.3 is 16.0 Å². The van der Waals surface area contributed by atoms with Crippen molar-refractivity contribution in [3.05, 3.63) is 88.5 Å². The summed E-state index contributed by atoms with van der Waals surface area (Å²) >= 11 is 0. The number of hydrogen-bond donors (Lipinski definition) is 3. The van der Waals surface area contributed by atoms with Crippen molar-refractivity contribution in [3.63, 3.8) is 0 Å². The number of hydrogen-bond acceptors (Lipinski definition) is 5. The highest BCUT2D eigenvalue weighted by Gasteiger charge is 2.12. The molecule has 0 atom stereocenters. The van der Waals surface area contributed by atoms with Crippen LogP contribution in [0.5, 0.6) is 0 Å². The molecular formula is C21H20N4O3. The summed E-state index contributed by atoms with van der Waals surface area (Å²) in [5.41, 5.74) is 3.63. The van der Waals surface area contributed by atoms with Crippen LogP contribution in [0.1, 0.15) is 5.56 Å². The van der Waals surface area contributed by atoms with E-state index in [4.69, 9.17) is 0 Å². The number of nitro benzene ring substituents is 1. The monoisotopic (exact) mass is 376 g/mol. The molecule has 3 aromatic carbocycles. The van der Waals surface area contributed by atoms with Gasteiger partial charge >= 0.3 is 0 Å². The van der Waals surface area contributed by atoms with Gasteiger partial charge in [-0.25, -0.2) is 0 Å². The zero-order valence-electron chi connectivity index (χ0n) is 15.3. The van der Waals surface area contributed by atoms with Gasteiger partial charge in [-0.15, -0.1) is 0 Å². The van der Waals surface area contributed by atoms with Gasteiger partial charge in [0.25, 0.3) is 5.69 Å². The van der Waals surface area contributed by atoms with Gasteiger partial charge in [-0.3, -0.25) is 14.9 Å². The van der Waals surface area contributed by atoms with Gasteiger partial charge in [0.1, 0.15) is 0 Å². The van der Waals surface area contributed by atoms with Gasteiger partial charge in [0.05, 0.1) is 22.8 Å². The lowest BCUT2D eigenvalue weighted by Gasteiger charge is -2.14. The molecule has 3 N–H and O–H groups in total. The predicted octanol–water partition coefficient (Wildman–Crippen LogP) is 4.70. The molecule has 0 saturated heterocycles. The van der Waals surface area contributed by atoms with E-state index in [1.165, 1.54) is 12.1 Å². The standard InChI is InChI=1S/C21H20N4O3/c1-15-6-5-9-17(12-15)24-21(26)14-22-20-13-18(25(27)28)10-11-19(20)23-16-7-3-2-4-8-16/h2-13,22-23H,14H2,1H3,(H,24,26). The molecule has 0 radical (unpaired) electrons. The van der Waals surface area contributed by atoms with E-state index < -0.39 is 4.92 Å². The SMILES string of the molecule is Cc1cccc(NC(=O)CNc2cc([N+](=O)[O-])ccc2Nc2ccccc2)c1. The lowest BCUT2D eigenvalue weighted by molar-refractivity contribution is -0.384. The Morgan fingerprint density at radius 2 is 1.68 bits per heavy atom. The highest BCUT2D eigenvalue weighted by atomic mass is 16.6. The van der Waals surface area contributed by atoms with Crippen LogP contribution in [0.2, 0.25) is 0 Å². The van der Waals surface area contributed by atoms with E-state index in [-0.39, 0.29) is 18.1 Å². The number of nitro groups is 1. The number of nitrogens with zero attached hydrogens (tertiary/aromatic N) is 1. The average molecular weight is 376 g/mol. The second-order valence-electron chi connectivity index (χ2n) is 6.25. The summed E-state index contributed by atoms with van der Waals surface area (Å²) in [6, 6.07) is 21.4. The zero-order chi connectivity index (χ0) is 19.9. The molecule has 0 bridgehead atoms. The number of para-hydroxylation sites is 1. The number of amides is 1. The van der Waals surface area contributed by atoms with E-state index in [0.29, 0.717) is 17.1 Å². The van der Waals surface area contributed by atoms with Crippen molar-refractivity contribution < 1.29 is 9.72 Å². The first-order chi connectivity index (χ1) is 13.5. The number of non-ortho nitro benzene ring substituents is 1. The second-order valence-corrected chi connectivity index (χ2v) is 6.25. The third-order valence-electron chi connectivity index (χ3n) is 4.01. The Morgan fingerprint density at radius 1 is 0.929 bits per heavy atom. The number of aryl methyl sites for hydroxylation is 1. The van der Waals surface area contributed by atoms with E-state index in [0.717, 1.165) is 11.3 Å². The normalized spacial score (nSPS) is 10.2. The fourth-order valence-electron chi connectivity index (χ4n) is 2.68. The van der Waals surface area contributed by atoms with Crippen molar-refractivity contribution in [1.29, 1.82) is 0 Å². The van der Waals surface area contributed by atoms with Crippen LogP contribution < -0.4 is 16.0 Å². The number of carbonyl (C=O) groups excluding carboxylic acids is 1. The van der Waals surface area contributed by atoms with Crippen molar-refractivity contribution in [3.8, 4) is 0 Å². The minimum Gasteiger partial charge on any atom is -0.374 e. The lowest BCUT2D eigenvalue weighted by Crippen LogP contribution is -2.22. The molecule has 142 valence electrons. The largest absolute Gasteiger partial charge is 0.374 e. The van der Waals surface area contributed by atoms with Gasteiger partial charge in [-0.1, -0.05) is 30.3 Å². The number of nitrogens with one attached hydrogen (secondary N) is 3. The lowest BCUT2D eigenvalue weighted by atomic mass is 10.2. The number of carbonyl (C=O) groups is 1. The van der Waals surface area contributed by atoms with Crippen molar-refractivity contribution >= 4 is 34.3 Å². The van der Waals surface area contributed by atoms with Crippen LogP contribution in [0.3, 0.4) is 0 Å². The Labute approximate surface area is 162 Å². The summed E-state index contributed by atoms with van der Waals surface area (Å²) in [5, 5.41) is 20.1. The van der Waals surface area contributed by atoms with E-state index >= 15 is 0 Å². The van der Waals surface area contributed by atoms with Crippen molar-refractivity contribution in [2.24, 2.45) is 0 Å². The van der Waals surface area contributed by atoms with Gasteiger partial charge in [0.15, 0.2) is 0 Å². The topological polar surface area (TPSA) is 96.3 Å². The first-order valence-corrected chi connectivity index (χ1v) is 8.72. The first kappa shape index (κ1) is 18.9. The quantitative estimate of drug-likeness (QED) is 0.410. The maximum absolute atomic E-state index is 12.3. The zero-order valence-corrected chi connectivity index (χ0v) is 15.3. The predicted molar refractivity (Wildman–Crippen MR) is 111 cm³/mol. The van der Waals surface area contributed by atoms with Crippen LogP contribution in [-0.4, -0.2) is 17.4 Å². The molecule has 0 aromatic heterocycles. The van der Waals surface area contributed by atoms with E-state index in [1.807, 2.05) is 55.5 Å². The molecule has 0 fully saturated rings. The first-order valence-electron chi connectivity index (χ1n) is 8.72. The molecule has 3 aromatic rings. The van der Waals surface area contributed by atoms with Crippen LogP contribution in [0, 0.1) is 17.0 Å². The van der Waals surface area contributed by atoms with Gasteiger partial charge in [-0.2, -0.15) is 0 Å². The Morgan fingerprint density at radius 3 is 2.39 bits per heavy atom. The maximum Gasteiger partial charge on any atom is 0.271 e. The fraction of sp³-hybridized carbons (Fsp3) is 0.0952. The highest BCUT2D eigenvalue weighted by Crippen LogP contribution is 2.29. The van der Waals surface area contributed by atoms with Crippen LogP contribution >= 0.6 is 0 Å². The number of benzene rings is 3. The summed E-state index contributed by atoms with van der Waals surface area (Å²) in [6.07, 6.45) is 0. The van der Waals surface area contributed by atoms with E-state index in [9.17, 15) is 14.9 Å². The minimum absolute atomic E-state index is 0.0292. The Hall–Kier alpha value is -3.87. The average Bonchev–Trinajstić information content (AvgIpc) is 2.68. The molecule has 0 unspecified atom stereocenters. The fourth-order valence-corrected chi connectivity index (χ4v) is 2.68. The van der Waals surface area contributed by atoms with Crippen LogP contribution in [-0.2, 0) is 4.79 Å². The molecule has 0 heterocycles. The minimum atomic E-state index is -0.468. The summed E-state index contributed by atoms with van der Waals surface area (Å²) in [4.78, 5) is 22.9. The highest BCUT2D eigenvalue weighted by molar-refractivity contribution is 5.94. The molecular weight excluding hydrogens is 356 g/mol. The third-order valence-corrected chi connectivity index (χ3v) is 4.01. The molecule has 28 heavy (non-hydrogen) atoms. The Bertz CT molecular complexity index is 990. The van der Waals surface area contributed by atoms with Gasteiger partial charge in [-0.05, 0) is 42.8 Å². The van der Waals surface area contributed by atoms with Gasteiger partial charge in [0.2, 0.25) is 5.91 Å². The van der Waals surface area contributed by atoms with Crippen LogP contribution in [0.15, 0.2) is 72.8 Å². The number of rotatable bonds is 7. The summed E-state index contributed by atoms with van der Waals surface area (Å²) < 4.78 is 0. The molecule has 7 nitrogen and oxygen atoms in total. The third kappa shape index (κ3) is 5.07. The smallest absolute Gasteiger partial charge is 0.271 e. The molecule has 3 rings (SSSR count). The Balaban J connectivity index is 1.74. The molecule has 1 amide bonds. The molecule has 0 saturated carbocycles. The summed E-state index contributed by atoms with van der Waals surface area (Å²) in [6.45, 7) is 1.91. The Kier molecular flexibility index (Phi) is 5.86. The van der Waals surface area contributed by atoms with Crippen LogP contribution in [0.4, 0.5) is 28.4 Å². The van der Waals surface area contributed by atoms with Crippen molar-refractivity contribution in [2.75, 3.05) is 22.5 Å². The molecule has 7 heteroatoms. The van der Waals surface area contributed by atoms with Gasteiger partial charge in [0, 0.05) is 23.5 Å². The molecule has 0 aliphatic heterocycles. The molecule has 0 aliphatic carbocycles.